The van der Waals surface area contributed by atoms with Gasteiger partial charge in [-0.25, -0.2) is 0 Å². The molecule has 1 heterocycles. The van der Waals surface area contributed by atoms with E-state index in [0.29, 0.717) is 6.04 Å². The Bertz CT molecular complexity index is 501. The van der Waals surface area contributed by atoms with Crippen LogP contribution in [0.2, 0.25) is 0 Å². The van der Waals surface area contributed by atoms with Gasteiger partial charge in [-0.2, -0.15) is 11.3 Å². The molecule has 0 saturated carbocycles. The molecule has 0 aliphatic rings. The molecule has 2 rings (SSSR count). The number of hydrogen-bond acceptors (Lipinski definition) is 2. The standard InChI is InChI=1S/C16H21NS/c1-4-9-17-16(15-11-18-10-13(15)3)14-8-6-5-7-12(14)2/h5-8,10-11,16-17H,4,9H2,1-3H3. The van der Waals surface area contributed by atoms with E-state index in [-0.39, 0.29) is 0 Å². The predicted molar refractivity (Wildman–Crippen MR) is 80.4 cm³/mol. The largest absolute Gasteiger partial charge is 0.306 e. The Morgan fingerprint density at radius 3 is 2.44 bits per heavy atom. The van der Waals surface area contributed by atoms with Crippen LogP contribution in [0.5, 0.6) is 0 Å². The van der Waals surface area contributed by atoms with Crippen LogP contribution in [-0.4, -0.2) is 6.54 Å². The van der Waals surface area contributed by atoms with Crippen molar-refractivity contribution in [3.63, 3.8) is 0 Å². The third kappa shape index (κ3) is 2.82. The van der Waals surface area contributed by atoms with Crippen molar-refractivity contribution in [2.24, 2.45) is 0 Å². The fourth-order valence-corrected chi connectivity index (χ4v) is 3.13. The highest BCUT2D eigenvalue weighted by Crippen LogP contribution is 2.29. The maximum absolute atomic E-state index is 3.68. The molecule has 2 aromatic rings. The van der Waals surface area contributed by atoms with Gasteiger partial charge in [0.2, 0.25) is 0 Å². The Morgan fingerprint density at radius 1 is 1.06 bits per heavy atom. The van der Waals surface area contributed by atoms with E-state index < -0.39 is 0 Å². The van der Waals surface area contributed by atoms with Crippen LogP contribution < -0.4 is 5.32 Å². The monoisotopic (exact) mass is 259 g/mol. The number of aryl methyl sites for hydroxylation is 2. The van der Waals surface area contributed by atoms with Crippen LogP contribution >= 0.6 is 11.3 Å². The van der Waals surface area contributed by atoms with Gasteiger partial charge in [0.05, 0.1) is 6.04 Å². The lowest BCUT2D eigenvalue weighted by Gasteiger charge is -2.21. The first-order valence-corrected chi connectivity index (χ1v) is 7.50. The molecule has 0 radical (unpaired) electrons. The van der Waals surface area contributed by atoms with Gasteiger partial charge in [-0.15, -0.1) is 0 Å². The Morgan fingerprint density at radius 2 is 1.83 bits per heavy atom. The van der Waals surface area contributed by atoms with Gasteiger partial charge in [0.15, 0.2) is 0 Å². The van der Waals surface area contributed by atoms with Crippen LogP contribution in [0, 0.1) is 13.8 Å². The minimum absolute atomic E-state index is 0.331. The van der Waals surface area contributed by atoms with Crippen molar-refractivity contribution in [3.8, 4) is 0 Å². The maximum atomic E-state index is 3.68. The number of rotatable bonds is 5. The zero-order valence-electron chi connectivity index (χ0n) is 11.4. The molecular weight excluding hydrogens is 238 g/mol. The van der Waals surface area contributed by atoms with Crippen molar-refractivity contribution in [2.45, 2.75) is 33.2 Å². The smallest absolute Gasteiger partial charge is 0.0590 e. The van der Waals surface area contributed by atoms with Crippen LogP contribution in [0.25, 0.3) is 0 Å². The van der Waals surface area contributed by atoms with E-state index in [4.69, 9.17) is 0 Å². The second kappa shape index (κ2) is 6.17. The van der Waals surface area contributed by atoms with Crippen molar-refractivity contribution in [1.29, 1.82) is 0 Å². The molecule has 96 valence electrons. The first-order valence-electron chi connectivity index (χ1n) is 6.55. The molecule has 1 nitrogen and oxygen atoms in total. The molecule has 0 amide bonds. The summed E-state index contributed by atoms with van der Waals surface area (Å²) in [7, 11) is 0. The summed E-state index contributed by atoms with van der Waals surface area (Å²) in [5.41, 5.74) is 5.56. The van der Waals surface area contributed by atoms with E-state index >= 15 is 0 Å². The Hall–Kier alpha value is -1.12. The molecule has 0 bridgehead atoms. The number of nitrogens with one attached hydrogen (secondary N) is 1. The Balaban J connectivity index is 2.37. The van der Waals surface area contributed by atoms with Crippen molar-refractivity contribution in [1.82, 2.24) is 5.32 Å². The molecule has 0 aliphatic heterocycles. The highest BCUT2D eigenvalue weighted by Gasteiger charge is 2.17. The molecule has 1 unspecified atom stereocenters. The molecule has 0 aliphatic carbocycles. The number of hydrogen-bond donors (Lipinski definition) is 1. The molecule has 2 heteroatoms. The lowest BCUT2D eigenvalue weighted by Crippen LogP contribution is -2.24. The van der Waals surface area contributed by atoms with Crippen molar-refractivity contribution in [3.05, 3.63) is 57.3 Å². The molecular formula is C16H21NS. The minimum atomic E-state index is 0.331. The first kappa shape index (κ1) is 13.3. The number of benzene rings is 1. The summed E-state index contributed by atoms with van der Waals surface area (Å²) in [4.78, 5) is 0. The maximum Gasteiger partial charge on any atom is 0.0590 e. The molecule has 1 atom stereocenters. The second-order valence-electron chi connectivity index (χ2n) is 4.75. The van der Waals surface area contributed by atoms with Gasteiger partial charge < -0.3 is 5.32 Å². The van der Waals surface area contributed by atoms with Crippen LogP contribution in [0.4, 0.5) is 0 Å². The minimum Gasteiger partial charge on any atom is -0.306 e. The van der Waals surface area contributed by atoms with Gasteiger partial charge in [0, 0.05) is 0 Å². The summed E-state index contributed by atoms with van der Waals surface area (Å²) in [6, 6.07) is 9.00. The summed E-state index contributed by atoms with van der Waals surface area (Å²) in [6.07, 6.45) is 1.16. The van der Waals surface area contributed by atoms with Crippen LogP contribution in [0.1, 0.15) is 41.6 Å². The lowest BCUT2D eigenvalue weighted by atomic mass is 9.95. The molecule has 1 N–H and O–H groups in total. The zero-order valence-corrected chi connectivity index (χ0v) is 12.2. The lowest BCUT2D eigenvalue weighted by molar-refractivity contribution is 0.595. The quantitative estimate of drug-likeness (QED) is 0.836. The van der Waals surface area contributed by atoms with Crippen molar-refractivity contribution < 1.29 is 0 Å². The summed E-state index contributed by atoms with van der Waals surface area (Å²) in [6.45, 7) is 7.65. The van der Waals surface area contributed by atoms with E-state index in [9.17, 15) is 0 Å². The molecule has 1 aromatic heterocycles. The Labute approximate surface area is 114 Å². The van der Waals surface area contributed by atoms with Crippen LogP contribution in [0.15, 0.2) is 35.0 Å². The van der Waals surface area contributed by atoms with Crippen LogP contribution in [-0.2, 0) is 0 Å². The average molecular weight is 259 g/mol. The second-order valence-corrected chi connectivity index (χ2v) is 5.50. The van der Waals surface area contributed by atoms with Gasteiger partial charge in [0.1, 0.15) is 0 Å². The highest BCUT2D eigenvalue weighted by molar-refractivity contribution is 7.08. The Kier molecular flexibility index (Phi) is 4.56. The van der Waals surface area contributed by atoms with Gasteiger partial charge in [-0.1, -0.05) is 31.2 Å². The molecule has 0 fully saturated rings. The normalized spacial score (nSPS) is 12.6. The summed E-state index contributed by atoms with van der Waals surface area (Å²) < 4.78 is 0. The topological polar surface area (TPSA) is 12.0 Å². The van der Waals surface area contributed by atoms with E-state index in [1.54, 1.807) is 11.3 Å². The van der Waals surface area contributed by atoms with Crippen LogP contribution in [0.3, 0.4) is 0 Å². The third-order valence-corrected chi connectivity index (χ3v) is 4.18. The predicted octanol–water partition coefficient (Wildman–Crippen LogP) is 4.45. The average Bonchev–Trinajstić information content (AvgIpc) is 2.78. The molecule has 0 saturated heterocycles. The third-order valence-electron chi connectivity index (χ3n) is 3.30. The fourth-order valence-electron chi connectivity index (χ4n) is 2.25. The van der Waals surface area contributed by atoms with E-state index in [0.717, 1.165) is 13.0 Å². The first-order chi connectivity index (χ1) is 8.74. The van der Waals surface area contributed by atoms with Gasteiger partial charge in [-0.3, -0.25) is 0 Å². The summed E-state index contributed by atoms with van der Waals surface area (Å²) >= 11 is 1.79. The summed E-state index contributed by atoms with van der Waals surface area (Å²) in [5, 5.41) is 8.18. The highest BCUT2D eigenvalue weighted by atomic mass is 32.1. The molecule has 18 heavy (non-hydrogen) atoms. The van der Waals surface area contributed by atoms with Gasteiger partial charge in [-0.05, 0) is 59.8 Å². The van der Waals surface area contributed by atoms with E-state index in [2.05, 4.69) is 61.1 Å². The van der Waals surface area contributed by atoms with E-state index in [1.165, 1.54) is 22.3 Å². The molecule has 1 aromatic carbocycles. The van der Waals surface area contributed by atoms with Crippen molar-refractivity contribution >= 4 is 11.3 Å². The zero-order chi connectivity index (χ0) is 13.0. The number of thiophene rings is 1. The fraction of sp³-hybridized carbons (Fsp3) is 0.375. The molecule has 0 spiro atoms. The van der Waals surface area contributed by atoms with Gasteiger partial charge >= 0.3 is 0 Å². The van der Waals surface area contributed by atoms with Crippen molar-refractivity contribution in [2.75, 3.05) is 6.54 Å². The van der Waals surface area contributed by atoms with Gasteiger partial charge in [0.25, 0.3) is 0 Å². The summed E-state index contributed by atoms with van der Waals surface area (Å²) in [5.74, 6) is 0. The SMILES string of the molecule is CCCNC(c1ccccc1C)c1cscc1C. The van der Waals surface area contributed by atoms with E-state index in [1.807, 2.05) is 0 Å².